The molecule has 3 N–H and O–H groups in total. The summed E-state index contributed by atoms with van der Waals surface area (Å²) in [5.74, 6) is -1.08. The van der Waals surface area contributed by atoms with Gasteiger partial charge in [0.2, 0.25) is 12.5 Å². The smallest absolute Gasteiger partial charge is 0.310 e. The molecule has 1 aromatic heterocycles. The number of methoxy groups -OCH3 is 2. The Hall–Kier alpha value is -3.63. The van der Waals surface area contributed by atoms with Crippen LogP contribution in [0.4, 0.5) is 0 Å². The summed E-state index contributed by atoms with van der Waals surface area (Å²) < 4.78 is 52.6. The predicted molar refractivity (Wildman–Crippen MR) is 156 cm³/mol. The Morgan fingerprint density at radius 1 is 0.913 bits per heavy atom. The van der Waals surface area contributed by atoms with E-state index in [9.17, 15) is 20.1 Å². The summed E-state index contributed by atoms with van der Waals surface area (Å²) in [6.07, 6.45) is -7.16. The number of phenols is 1. The number of aliphatic hydroxyl groups is 2. The standard InChI is InChI=1S/C32H32O13S/c1-37-19-6-13(7-20(38-2)25(19)33)23-14-8-17-18(42-12-41-17)9-15(14)28(16-10-39-30(36)24(16)23)44-32-27(35)26(34)29-21(43-32)11-40-31(45-29)22-4-3-5-46-22/h3-9,16,21,23-24,26-29,31-35H,10-12H2,1-2H3/t16?,21-,23?,24?,26-,27-,28?,29-,31?,32+/m1/s1. The number of aliphatic hydroxyl groups excluding tert-OH is 2. The molecule has 8 rings (SSSR count). The van der Waals surface area contributed by atoms with E-state index in [1.54, 1.807) is 18.2 Å². The number of benzene rings is 2. The highest BCUT2D eigenvalue weighted by molar-refractivity contribution is 7.10. The molecule has 3 saturated heterocycles. The van der Waals surface area contributed by atoms with Crippen molar-refractivity contribution in [3.05, 3.63) is 63.3 Å². The number of esters is 1. The first-order valence-electron chi connectivity index (χ1n) is 14.9. The molecule has 1 aliphatic carbocycles. The van der Waals surface area contributed by atoms with Crippen LogP contribution in [0.1, 0.15) is 39.9 Å². The zero-order chi connectivity index (χ0) is 31.7. The molecule has 0 bridgehead atoms. The molecule has 5 aliphatic rings. The van der Waals surface area contributed by atoms with E-state index in [2.05, 4.69) is 0 Å². The summed E-state index contributed by atoms with van der Waals surface area (Å²) in [7, 11) is 2.86. The Morgan fingerprint density at radius 2 is 1.65 bits per heavy atom. The van der Waals surface area contributed by atoms with Gasteiger partial charge in [-0.25, -0.2) is 0 Å². The topological polar surface area (TPSA) is 161 Å². The second-order valence-corrected chi connectivity index (χ2v) is 12.7. The number of cyclic esters (lactones) is 1. The van der Waals surface area contributed by atoms with Crippen molar-refractivity contribution in [1.29, 1.82) is 0 Å². The van der Waals surface area contributed by atoms with E-state index in [1.807, 2.05) is 23.6 Å². The first-order valence-corrected chi connectivity index (χ1v) is 15.8. The van der Waals surface area contributed by atoms with Crippen LogP contribution in [0.2, 0.25) is 0 Å². The van der Waals surface area contributed by atoms with E-state index in [1.165, 1.54) is 25.6 Å². The Morgan fingerprint density at radius 3 is 2.35 bits per heavy atom. The summed E-state index contributed by atoms with van der Waals surface area (Å²) in [4.78, 5) is 14.3. The zero-order valence-corrected chi connectivity index (χ0v) is 25.6. The molecule has 0 radical (unpaired) electrons. The second-order valence-electron chi connectivity index (χ2n) is 11.8. The van der Waals surface area contributed by atoms with E-state index in [0.29, 0.717) is 28.2 Å². The van der Waals surface area contributed by atoms with Gasteiger partial charge in [-0.2, -0.15) is 0 Å². The Kier molecular flexibility index (Phi) is 7.48. The number of carbonyl (C=O) groups excluding carboxylic acids is 1. The summed E-state index contributed by atoms with van der Waals surface area (Å²) in [5, 5.41) is 35.0. The van der Waals surface area contributed by atoms with Crippen molar-refractivity contribution < 1.29 is 62.7 Å². The third kappa shape index (κ3) is 4.70. The zero-order valence-electron chi connectivity index (χ0n) is 24.8. The minimum absolute atomic E-state index is 0.0242. The van der Waals surface area contributed by atoms with Crippen LogP contribution in [-0.2, 0) is 28.5 Å². The molecule has 3 aromatic rings. The largest absolute Gasteiger partial charge is 0.502 e. The molecule has 13 nitrogen and oxygen atoms in total. The van der Waals surface area contributed by atoms with Crippen molar-refractivity contribution in [1.82, 2.24) is 0 Å². The van der Waals surface area contributed by atoms with Crippen LogP contribution in [0.25, 0.3) is 0 Å². The number of rotatable bonds is 6. The van der Waals surface area contributed by atoms with Gasteiger partial charge in [-0.05, 0) is 52.4 Å². The van der Waals surface area contributed by atoms with Crippen LogP contribution in [0.5, 0.6) is 28.7 Å². The van der Waals surface area contributed by atoms with Crippen molar-refractivity contribution in [2.75, 3.05) is 34.2 Å². The van der Waals surface area contributed by atoms with Crippen molar-refractivity contribution >= 4 is 17.3 Å². The normalized spacial score (nSPS) is 34.3. The molecule has 5 heterocycles. The van der Waals surface area contributed by atoms with E-state index >= 15 is 0 Å². The van der Waals surface area contributed by atoms with Crippen LogP contribution in [0.15, 0.2) is 41.8 Å². The fourth-order valence-corrected chi connectivity index (χ4v) is 7.89. The Balaban J connectivity index is 1.16. The molecule has 0 spiro atoms. The van der Waals surface area contributed by atoms with Gasteiger partial charge in [-0.3, -0.25) is 4.79 Å². The highest BCUT2D eigenvalue weighted by atomic mass is 32.1. The second kappa shape index (κ2) is 11.6. The lowest BCUT2D eigenvalue weighted by Crippen LogP contribution is -2.62. The van der Waals surface area contributed by atoms with Gasteiger partial charge in [0.25, 0.3) is 0 Å². The fraction of sp³-hybridized carbons (Fsp3) is 0.469. The lowest BCUT2D eigenvalue weighted by Gasteiger charge is -2.48. The maximum Gasteiger partial charge on any atom is 0.310 e. The molecule has 10 atom stereocenters. The van der Waals surface area contributed by atoms with Crippen LogP contribution >= 0.6 is 11.3 Å². The maximum absolute atomic E-state index is 13.5. The van der Waals surface area contributed by atoms with Gasteiger partial charge >= 0.3 is 5.97 Å². The third-order valence-electron chi connectivity index (χ3n) is 9.37. The molecule has 2 aromatic carbocycles. The quantitative estimate of drug-likeness (QED) is 0.333. The number of fused-ring (bicyclic) bond motifs is 4. The fourth-order valence-electron chi connectivity index (χ4n) is 7.18. The van der Waals surface area contributed by atoms with Gasteiger partial charge in [0, 0.05) is 11.8 Å². The lowest BCUT2D eigenvalue weighted by molar-refractivity contribution is -0.368. The average Bonchev–Trinajstić information content (AvgIpc) is 3.85. The predicted octanol–water partition coefficient (Wildman–Crippen LogP) is 2.75. The van der Waals surface area contributed by atoms with Crippen molar-refractivity contribution in [2.24, 2.45) is 11.8 Å². The van der Waals surface area contributed by atoms with Gasteiger partial charge in [0.15, 0.2) is 35.6 Å². The number of ether oxygens (including phenoxy) is 9. The first-order chi connectivity index (χ1) is 22.4. The number of hydrogen-bond acceptors (Lipinski definition) is 14. The van der Waals surface area contributed by atoms with Crippen molar-refractivity contribution in [3.63, 3.8) is 0 Å². The monoisotopic (exact) mass is 656 g/mol. The van der Waals surface area contributed by atoms with Crippen LogP contribution in [0, 0.1) is 11.8 Å². The number of hydrogen-bond donors (Lipinski definition) is 3. The number of phenolic OH excluding ortho intramolecular Hbond substituents is 1. The van der Waals surface area contributed by atoms with Gasteiger partial charge in [0.05, 0.1) is 44.3 Å². The van der Waals surface area contributed by atoms with Crippen molar-refractivity contribution in [2.45, 2.75) is 49.0 Å². The summed E-state index contributed by atoms with van der Waals surface area (Å²) in [5.41, 5.74) is 2.00. The third-order valence-corrected chi connectivity index (χ3v) is 10.3. The van der Waals surface area contributed by atoms with Gasteiger partial charge < -0.3 is 58.0 Å². The number of carbonyl (C=O) groups is 1. The number of aromatic hydroxyl groups is 1. The minimum atomic E-state index is -1.47. The van der Waals surface area contributed by atoms with Crippen LogP contribution in [-0.4, -0.2) is 86.2 Å². The minimum Gasteiger partial charge on any atom is -0.502 e. The van der Waals surface area contributed by atoms with Gasteiger partial charge in [0.1, 0.15) is 24.4 Å². The van der Waals surface area contributed by atoms with Crippen LogP contribution in [0.3, 0.4) is 0 Å². The molecule has 5 unspecified atom stereocenters. The lowest BCUT2D eigenvalue weighted by atomic mass is 9.66. The average molecular weight is 657 g/mol. The highest BCUT2D eigenvalue weighted by Crippen LogP contribution is 2.57. The summed E-state index contributed by atoms with van der Waals surface area (Å²) in [6.45, 7) is 0.171. The maximum atomic E-state index is 13.5. The van der Waals surface area contributed by atoms with Gasteiger partial charge in [-0.15, -0.1) is 11.3 Å². The number of thiophene rings is 1. The molecule has 0 saturated carbocycles. The van der Waals surface area contributed by atoms with Crippen molar-refractivity contribution in [3.8, 4) is 28.7 Å². The molecule has 4 aliphatic heterocycles. The molecule has 3 fully saturated rings. The molecular weight excluding hydrogens is 624 g/mol. The molecule has 14 heteroatoms. The molecule has 46 heavy (non-hydrogen) atoms. The first kappa shape index (κ1) is 29.8. The van der Waals surface area contributed by atoms with E-state index in [-0.39, 0.29) is 37.3 Å². The van der Waals surface area contributed by atoms with Gasteiger partial charge in [-0.1, -0.05) is 6.07 Å². The molecule has 0 amide bonds. The summed E-state index contributed by atoms with van der Waals surface area (Å²) >= 11 is 1.46. The van der Waals surface area contributed by atoms with E-state index in [4.69, 9.17) is 42.6 Å². The SMILES string of the molecule is COc1cc(C2c3cc4c(cc3C(O[C@@H]3O[C@@H]5COC(c6cccs6)O[C@H]5[C@H](O)[C@H]3O)C3COC(=O)C23)OCO4)cc(OC)c1O. The van der Waals surface area contributed by atoms with Crippen LogP contribution < -0.4 is 18.9 Å². The summed E-state index contributed by atoms with van der Waals surface area (Å²) in [6, 6.07) is 10.7. The molecule has 244 valence electrons. The van der Waals surface area contributed by atoms with E-state index in [0.717, 1.165) is 4.88 Å². The Bertz CT molecular complexity index is 1600. The highest BCUT2D eigenvalue weighted by Gasteiger charge is 2.56. The Labute approximate surface area is 267 Å². The molecular formula is C32H32O13S. The van der Waals surface area contributed by atoms with E-state index < -0.39 is 66.8 Å².